The lowest BCUT2D eigenvalue weighted by atomic mass is 10.3. The van der Waals surface area contributed by atoms with Crippen molar-refractivity contribution in [2.24, 2.45) is 0 Å². The summed E-state index contributed by atoms with van der Waals surface area (Å²) in [6, 6.07) is 4.11. The largest absolute Gasteiger partial charge is 0.405 e. The highest BCUT2D eigenvalue weighted by molar-refractivity contribution is 9.11. The molecule has 0 aliphatic heterocycles. The summed E-state index contributed by atoms with van der Waals surface area (Å²) in [4.78, 5) is 11.2. The first-order valence-electron chi connectivity index (χ1n) is 4.35. The molecule has 0 aliphatic rings. The summed E-state index contributed by atoms with van der Waals surface area (Å²) in [5.74, 6) is 0. The zero-order chi connectivity index (χ0) is 13.1. The molecule has 8 heteroatoms. The van der Waals surface area contributed by atoms with Crippen LogP contribution in [0, 0.1) is 0 Å². The van der Waals surface area contributed by atoms with Gasteiger partial charge in [0, 0.05) is 8.95 Å². The number of anilines is 1. The molecular weight excluding hydrogens is 369 g/mol. The van der Waals surface area contributed by atoms with E-state index in [2.05, 4.69) is 37.2 Å². The van der Waals surface area contributed by atoms with Gasteiger partial charge in [0.05, 0.1) is 5.69 Å². The molecule has 1 rings (SSSR count). The van der Waals surface area contributed by atoms with Gasteiger partial charge in [-0.1, -0.05) is 6.07 Å². The average molecular weight is 376 g/mol. The van der Waals surface area contributed by atoms with Gasteiger partial charge in [0.1, 0.15) is 6.54 Å². The van der Waals surface area contributed by atoms with Gasteiger partial charge in [-0.15, -0.1) is 0 Å². The predicted molar refractivity (Wildman–Crippen MR) is 64.9 cm³/mol. The van der Waals surface area contributed by atoms with Crippen molar-refractivity contribution in [1.82, 2.24) is 5.32 Å². The van der Waals surface area contributed by atoms with E-state index >= 15 is 0 Å². The lowest BCUT2D eigenvalue weighted by Gasteiger charge is -2.11. The van der Waals surface area contributed by atoms with Gasteiger partial charge >= 0.3 is 12.2 Å². The zero-order valence-electron chi connectivity index (χ0n) is 8.24. The molecule has 2 amide bonds. The Balaban J connectivity index is 2.63. The molecule has 0 radical (unpaired) electrons. The monoisotopic (exact) mass is 374 g/mol. The van der Waals surface area contributed by atoms with Crippen LogP contribution >= 0.6 is 31.9 Å². The fraction of sp³-hybridized carbons (Fsp3) is 0.222. The van der Waals surface area contributed by atoms with Crippen molar-refractivity contribution in [3.8, 4) is 0 Å². The van der Waals surface area contributed by atoms with Crippen molar-refractivity contribution in [2.75, 3.05) is 11.9 Å². The molecule has 3 nitrogen and oxygen atoms in total. The number of amides is 2. The molecule has 0 bridgehead atoms. The summed E-state index contributed by atoms with van der Waals surface area (Å²) in [7, 11) is 0. The van der Waals surface area contributed by atoms with Crippen LogP contribution in [0.25, 0.3) is 0 Å². The Morgan fingerprint density at radius 1 is 1.24 bits per heavy atom. The number of halogens is 5. The van der Waals surface area contributed by atoms with E-state index in [1.165, 1.54) is 0 Å². The second-order valence-electron chi connectivity index (χ2n) is 3.02. The second kappa shape index (κ2) is 5.72. The molecule has 0 heterocycles. The maximum Gasteiger partial charge on any atom is 0.405 e. The van der Waals surface area contributed by atoms with Gasteiger partial charge in [0.2, 0.25) is 0 Å². The fourth-order valence-corrected chi connectivity index (χ4v) is 2.15. The zero-order valence-corrected chi connectivity index (χ0v) is 11.4. The Kier molecular flexibility index (Phi) is 4.81. The Hall–Kier alpha value is -0.760. The van der Waals surface area contributed by atoms with Gasteiger partial charge in [0.25, 0.3) is 0 Å². The molecule has 0 fully saturated rings. The van der Waals surface area contributed by atoms with Crippen LogP contribution in [0.3, 0.4) is 0 Å². The molecule has 0 saturated heterocycles. The number of urea groups is 1. The molecule has 1 aromatic rings. The number of nitrogens with one attached hydrogen (secondary N) is 2. The highest BCUT2D eigenvalue weighted by atomic mass is 79.9. The first-order chi connectivity index (χ1) is 7.79. The predicted octanol–water partition coefficient (Wildman–Crippen LogP) is 3.90. The summed E-state index contributed by atoms with van der Waals surface area (Å²) in [5.41, 5.74) is 0.368. The third kappa shape index (κ3) is 4.95. The van der Waals surface area contributed by atoms with Gasteiger partial charge in [-0.25, -0.2) is 4.79 Å². The van der Waals surface area contributed by atoms with Crippen LogP contribution < -0.4 is 10.6 Å². The fourth-order valence-electron chi connectivity index (χ4n) is 0.955. The quantitative estimate of drug-likeness (QED) is 0.808. The standard InChI is InChI=1S/C9H7Br2F3N2O/c10-5-2-1-3-6(11)7(5)16-8(17)15-4-9(12,13)14/h1-3H,4H2,(H2,15,16,17). The third-order valence-corrected chi connectivity index (χ3v) is 2.97. The van der Waals surface area contributed by atoms with E-state index in [4.69, 9.17) is 0 Å². The summed E-state index contributed by atoms with van der Waals surface area (Å²) in [6.07, 6.45) is -4.43. The summed E-state index contributed by atoms with van der Waals surface area (Å²) in [6.45, 7) is -1.37. The minimum atomic E-state index is -4.43. The smallest absolute Gasteiger partial charge is 0.329 e. The van der Waals surface area contributed by atoms with Crippen LogP contribution in [0.4, 0.5) is 23.7 Å². The highest BCUT2D eigenvalue weighted by Gasteiger charge is 2.27. The normalized spacial score (nSPS) is 11.1. The van der Waals surface area contributed by atoms with Gasteiger partial charge in [-0.2, -0.15) is 13.2 Å². The molecule has 0 aliphatic carbocycles. The first-order valence-corrected chi connectivity index (χ1v) is 5.94. The topological polar surface area (TPSA) is 41.1 Å². The van der Waals surface area contributed by atoms with E-state index in [0.29, 0.717) is 14.6 Å². The molecular formula is C9H7Br2F3N2O. The van der Waals surface area contributed by atoms with E-state index in [-0.39, 0.29) is 0 Å². The van der Waals surface area contributed by atoms with Crippen LogP contribution in [0.15, 0.2) is 27.1 Å². The molecule has 0 atom stereocenters. The number of alkyl halides is 3. The maximum atomic E-state index is 11.9. The van der Waals surface area contributed by atoms with Gasteiger partial charge in [-0.3, -0.25) is 0 Å². The minimum Gasteiger partial charge on any atom is -0.329 e. The van der Waals surface area contributed by atoms with Gasteiger partial charge in [-0.05, 0) is 44.0 Å². The first kappa shape index (κ1) is 14.3. The third-order valence-electron chi connectivity index (χ3n) is 1.65. The Morgan fingerprint density at radius 2 is 1.76 bits per heavy atom. The molecule has 1 aromatic carbocycles. The summed E-state index contributed by atoms with van der Waals surface area (Å²) < 4.78 is 36.7. The lowest BCUT2D eigenvalue weighted by Crippen LogP contribution is -2.36. The number of hydrogen-bond acceptors (Lipinski definition) is 1. The van der Waals surface area contributed by atoms with Crippen LogP contribution in [0.1, 0.15) is 0 Å². The summed E-state index contributed by atoms with van der Waals surface area (Å²) in [5, 5.41) is 4.02. The van der Waals surface area contributed by atoms with Gasteiger partial charge < -0.3 is 10.6 Å². The number of benzene rings is 1. The number of carbonyl (C=O) groups excluding carboxylic acids is 1. The molecule has 0 spiro atoms. The van der Waals surface area contributed by atoms with Crippen molar-refractivity contribution < 1.29 is 18.0 Å². The Labute approximate surface area is 112 Å². The van der Waals surface area contributed by atoms with Crippen molar-refractivity contribution in [3.63, 3.8) is 0 Å². The van der Waals surface area contributed by atoms with Crippen molar-refractivity contribution in [1.29, 1.82) is 0 Å². The van der Waals surface area contributed by atoms with Crippen LogP contribution in [0.2, 0.25) is 0 Å². The van der Waals surface area contributed by atoms with Crippen molar-refractivity contribution in [3.05, 3.63) is 27.1 Å². The Bertz CT molecular complexity index is 403. The molecule has 0 aromatic heterocycles. The number of rotatable bonds is 2. The van der Waals surface area contributed by atoms with Crippen molar-refractivity contribution in [2.45, 2.75) is 6.18 Å². The lowest BCUT2D eigenvalue weighted by molar-refractivity contribution is -0.122. The van der Waals surface area contributed by atoms with Crippen molar-refractivity contribution >= 4 is 43.6 Å². The highest BCUT2D eigenvalue weighted by Crippen LogP contribution is 2.30. The molecule has 0 saturated carbocycles. The number of para-hydroxylation sites is 1. The van der Waals surface area contributed by atoms with E-state index in [0.717, 1.165) is 0 Å². The minimum absolute atomic E-state index is 0.368. The molecule has 17 heavy (non-hydrogen) atoms. The maximum absolute atomic E-state index is 11.9. The molecule has 0 unspecified atom stereocenters. The SMILES string of the molecule is O=C(NCC(F)(F)F)Nc1c(Br)cccc1Br. The Morgan fingerprint density at radius 3 is 2.24 bits per heavy atom. The average Bonchev–Trinajstić information content (AvgIpc) is 2.20. The van der Waals surface area contributed by atoms with Crippen LogP contribution in [-0.2, 0) is 0 Å². The summed E-state index contributed by atoms with van der Waals surface area (Å²) >= 11 is 6.34. The van der Waals surface area contributed by atoms with Crippen LogP contribution in [-0.4, -0.2) is 18.8 Å². The van der Waals surface area contributed by atoms with E-state index in [9.17, 15) is 18.0 Å². The number of carbonyl (C=O) groups is 1. The second-order valence-corrected chi connectivity index (χ2v) is 4.73. The van der Waals surface area contributed by atoms with E-state index < -0.39 is 18.8 Å². The van der Waals surface area contributed by atoms with Gasteiger partial charge in [0.15, 0.2) is 0 Å². The molecule has 2 N–H and O–H groups in total. The van der Waals surface area contributed by atoms with Crippen LogP contribution in [0.5, 0.6) is 0 Å². The van der Waals surface area contributed by atoms with E-state index in [1.807, 2.05) is 0 Å². The van der Waals surface area contributed by atoms with E-state index in [1.54, 1.807) is 23.5 Å². The molecule has 94 valence electrons. The number of hydrogen-bond donors (Lipinski definition) is 2.